The number of halogens is 3. The summed E-state index contributed by atoms with van der Waals surface area (Å²) in [6.45, 7) is 2.27. The molecule has 4 aromatic rings. The van der Waals surface area contributed by atoms with Gasteiger partial charge < -0.3 is 9.32 Å². The van der Waals surface area contributed by atoms with Crippen molar-refractivity contribution >= 4 is 5.69 Å². The average molecular weight is 481 g/mol. The van der Waals surface area contributed by atoms with E-state index in [1.807, 2.05) is 12.1 Å². The molecule has 0 spiro atoms. The van der Waals surface area contributed by atoms with Crippen molar-refractivity contribution in [3.8, 4) is 22.7 Å². The highest BCUT2D eigenvalue weighted by molar-refractivity contribution is 5.66. The Morgan fingerprint density at radius 3 is 2.63 bits per heavy atom. The number of likely N-dealkylation sites (N-methyl/N-ethyl adjacent to an activating group) is 1. The molecule has 11 heteroatoms. The SMILES string of the molecule is CN1C[C@@H]2C[C@H]1CN2c1cccc(-c2cn(Cc3ccc(-c4nnc(C(F)F)o4)cc3F)nn2)c1. The molecule has 8 nitrogen and oxygen atoms in total. The fraction of sp³-hybridized carbons (Fsp3) is 0.333. The van der Waals surface area contributed by atoms with Crippen molar-refractivity contribution in [3.63, 3.8) is 0 Å². The predicted octanol–water partition coefficient (Wildman–Crippen LogP) is 4.01. The van der Waals surface area contributed by atoms with Gasteiger partial charge in [0.1, 0.15) is 11.5 Å². The number of anilines is 1. The second kappa shape index (κ2) is 8.49. The molecule has 2 aliphatic rings. The Hall–Kier alpha value is -3.73. The molecule has 2 saturated heterocycles. The molecule has 2 aromatic heterocycles. The lowest BCUT2D eigenvalue weighted by molar-refractivity contribution is 0.116. The molecule has 4 heterocycles. The third kappa shape index (κ3) is 4.05. The Labute approximate surface area is 199 Å². The van der Waals surface area contributed by atoms with Crippen LogP contribution in [0.25, 0.3) is 22.7 Å². The van der Waals surface area contributed by atoms with Gasteiger partial charge in [-0.2, -0.15) is 8.78 Å². The van der Waals surface area contributed by atoms with Crippen LogP contribution in [0.3, 0.4) is 0 Å². The first-order chi connectivity index (χ1) is 16.9. The standard InChI is InChI=1S/C24H22F3N7O/c1-32-11-19-9-18(32)12-34(19)17-4-2-3-14(7-17)21-13-33(31-28-21)10-16-6-5-15(8-20(16)25)23-29-30-24(35-23)22(26)27/h2-8,13,18-19,22H,9-12H2,1H3/t18-,19-/m0/s1. The van der Waals surface area contributed by atoms with E-state index >= 15 is 0 Å². The van der Waals surface area contributed by atoms with Crippen LogP contribution in [0.2, 0.25) is 0 Å². The van der Waals surface area contributed by atoms with Crippen molar-refractivity contribution in [3.05, 3.63) is 65.9 Å². The van der Waals surface area contributed by atoms with Gasteiger partial charge in [0, 0.05) is 47.6 Å². The molecule has 0 aliphatic carbocycles. The van der Waals surface area contributed by atoms with Crippen molar-refractivity contribution in [2.75, 3.05) is 25.0 Å². The molecule has 6 rings (SSSR count). The molecule has 0 radical (unpaired) electrons. The van der Waals surface area contributed by atoms with Crippen molar-refractivity contribution < 1.29 is 17.6 Å². The quantitative estimate of drug-likeness (QED) is 0.412. The van der Waals surface area contributed by atoms with E-state index in [2.05, 4.69) is 49.5 Å². The van der Waals surface area contributed by atoms with Gasteiger partial charge in [-0.15, -0.1) is 15.3 Å². The normalized spacial score (nSPS) is 19.9. The topological polar surface area (TPSA) is 76.1 Å². The van der Waals surface area contributed by atoms with Gasteiger partial charge in [0.05, 0.1) is 12.7 Å². The number of hydrogen-bond acceptors (Lipinski definition) is 7. The summed E-state index contributed by atoms with van der Waals surface area (Å²) in [7, 11) is 2.18. The van der Waals surface area contributed by atoms with E-state index in [9.17, 15) is 13.2 Å². The van der Waals surface area contributed by atoms with Crippen LogP contribution < -0.4 is 4.90 Å². The summed E-state index contributed by atoms with van der Waals surface area (Å²) >= 11 is 0. The molecule has 0 amide bonds. The summed E-state index contributed by atoms with van der Waals surface area (Å²) in [6.07, 6.45) is 0.0968. The van der Waals surface area contributed by atoms with E-state index < -0.39 is 18.1 Å². The van der Waals surface area contributed by atoms with Gasteiger partial charge >= 0.3 is 6.43 Å². The van der Waals surface area contributed by atoms with Crippen molar-refractivity contribution in [2.45, 2.75) is 31.5 Å². The zero-order chi connectivity index (χ0) is 24.1. The Morgan fingerprint density at radius 1 is 1.03 bits per heavy atom. The van der Waals surface area contributed by atoms with E-state index in [1.54, 1.807) is 16.9 Å². The lowest BCUT2D eigenvalue weighted by Gasteiger charge is -2.33. The summed E-state index contributed by atoms with van der Waals surface area (Å²) in [4.78, 5) is 4.88. The molecule has 35 heavy (non-hydrogen) atoms. The third-order valence-corrected chi connectivity index (χ3v) is 6.79. The molecule has 0 N–H and O–H groups in total. The van der Waals surface area contributed by atoms with Crippen molar-refractivity contribution in [1.29, 1.82) is 0 Å². The molecule has 2 aliphatic heterocycles. The Balaban J connectivity index is 1.18. The maximum absolute atomic E-state index is 14.7. The number of piperazine rings is 1. The first-order valence-electron chi connectivity index (χ1n) is 11.3. The van der Waals surface area contributed by atoms with Crippen LogP contribution in [0.5, 0.6) is 0 Å². The van der Waals surface area contributed by atoms with Crippen LogP contribution in [0.15, 0.2) is 53.1 Å². The largest absolute Gasteiger partial charge is 0.415 e. The summed E-state index contributed by atoms with van der Waals surface area (Å²) in [5.74, 6) is -1.49. The van der Waals surface area contributed by atoms with Crippen molar-refractivity contribution in [1.82, 2.24) is 30.1 Å². The first kappa shape index (κ1) is 21.8. The maximum atomic E-state index is 14.7. The predicted molar refractivity (Wildman–Crippen MR) is 121 cm³/mol. The minimum absolute atomic E-state index is 0.160. The summed E-state index contributed by atoms with van der Waals surface area (Å²) in [5, 5.41) is 15.3. The highest BCUT2D eigenvalue weighted by atomic mass is 19.3. The Morgan fingerprint density at radius 2 is 1.91 bits per heavy atom. The summed E-state index contributed by atoms with van der Waals surface area (Å²) in [6, 6.07) is 13.7. The van der Waals surface area contributed by atoms with Crippen molar-refractivity contribution in [2.24, 2.45) is 0 Å². The maximum Gasteiger partial charge on any atom is 0.314 e. The van der Waals surface area contributed by atoms with Crippen LogP contribution in [0, 0.1) is 5.82 Å². The molecule has 2 atom stereocenters. The van der Waals surface area contributed by atoms with E-state index in [0.717, 1.165) is 18.7 Å². The smallest absolute Gasteiger partial charge is 0.314 e. The molecule has 0 unspecified atom stereocenters. The number of hydrogen-bond donors (Lipinski definition) is 0. The number of likely N-dealkylation sites (tertiary alicyclic amines) is 1. The minimum Gasteiger partial charge on any atom is -0.415 e. The lowest BCUT2D eigenvalue weighted by Crippen LogP contribution is -2.44. The van der Waals surface area contributed by atoms with Crippen LogP contribution in [0.4, 0.5) is 18.9 Å². The number of alkyl halides is 2. The minimum atomic E-state index is -2.88. The highest BCUT2D eigenvalue weighted by Gasteiger charge is 2.41. The van der Waals surface area contributed by atoms with Crippen LogP contribution in [0.1, 0.15) is 24.3 Å². The number of nitrogens with zero attached hydrogens (tertiary/aromatic N) is 7. The van der Waals surface area contributed by atoms with Gasteiger partial charge in [-0.3, -0.25) is 4.90 Å². The van der Waals surface area contributed by atoms with E-state index in [4.69, 9.17) is 4.42 Å². The van der Waals surface area contributed by atoms with Gasteiger partial charge in [0.15, 0.2) is 0 Å². The third-order valence-electron chi connectivity index (χ3n) is 6.79. The molecular weight excluding hydrogens is 459 g/mol. The van der Waals surface area contributed by atoms with Crippen LogP contribution in [-0.2, 0) is 6.54 Å². The van der Waals surface area contributed by atoms with Gasteiger partial charge in [-0.05, 0) is 37.7 Å². The zero-order valence-corrected chi connectivity index (χ0v) is 18.9. The number of benzene rings is 2. The Kier molecular flexibility index (Phi) is 5.28. The van der Waals surface area contributed by atoms with E-state index in [0.29, 0.717) is 23.3 Å². The second-order valence-electron chi connectivity index (χ2n) is 9.04. The first-order valence-corrected chi connectivity index (χ1v) is 11.3. The highest BCUT2D eigenvalue weighted by Crippen LogP contribution is 2.35. The van der Waals surface area contributed by atoms with E-state index in [1.165, 1.54) is 24.2 Å². The summed E-state index contributed by atoms with van der Waals surface area (Å²) < 4.78 is 46.5. The molecule has 2 bridgehead atoms. The van der Waals surface area contributed by atoms with Gasteiger partial charge in [0.2, 0.25) is 5.89 Å². The van der Waals surface area contributed by atoms with Crippen LogP contribution >= 0.6 is 0 Å². The fourth-order valence-electron chi connectivity index (χ4n) is 4.96. The second-order valence-corrected chi connectivity index (χ2v) is 9.04. The van der Waals surface area contributed by atoms with Gasteiger partial charge in [-0.1, -0.05) is 23.4 Å². The fourth-order valence-corrected chi connectivity index (χ4v) is 4.96. The number of fused-ring (bicyclic) bond motifs is 2. The number of rotatable bonds is 6. The molecular formula is C24H22F3N7O. The monoisotopic (exact) mass is 481 g/mol. The number of aromatic nitrogens is 5. The molecule has 0 saturated carbocycles. The summed E-state index contributed by atoms with van der Waals surface area (Å²) in [5.41, 5.74) is 3.42. The average Bonchev–Trinajstić information content (AvgIpc) is 3.64. The zero-order valence-electron chi connectivity index (χ0n) is 18.9. The molecule has 2 fully saturated rings. The molecule has 180 valence electrons. The van der Waals surface area contributed by atoms with Crippen LogP contribution in [-0.4, -0.2) is 62.3 Å². The Bertz CT molecular complexity index is 1370. The van der Waals surface area contributed by atoms with E-state index in [-0.39, 0.29) is 18.0 Å². The molecule has 2 aromatic carbocycles. The van der Waals surface area contributed by atoms with Gasteiger partial charge in [-0.25, -0.2) is 9.07 Å². The lowest BCUT2D eigenvalue weighted by atomic mass is 10.1. The van der Waals surface area contributed by atoms with Gasteiger partial charge in [0.25, 0.3) is 5.89 Å².